The average molecular weight is 370 g/mol. The van der Waals surface area contributed by atoms with Crippen molar-refractivity contribution in [3.8, 4) is 6.01 Å². The van der Waals surface area contributed by atoms with Gasteiger partial charge in [-0.2, -0.15) is 0 Å². The lowest BCUT2D eigenvalue weighted by Gasteiger charge is -2.32. The van der Waals surface area contributed by atoms with E-state index >= 15 is 0 Å². The third-order valence-corrected chi connectivity index (χ3v) is 4.42. The van der Waals surface area contributed by atoms with E-state index in [1.807, 2.05) is 30.3 Å². The van der Waals surface area contributed by atoms with Gasteiger partial charge in [0.15, 0.2) is 0 Å². The standard InChI is InChI=1S/C19H22N4O4/c24-17(25)16(13-14-5-2-1-3-6-14)22-19(26)23-11-7-15(8-12-23)27-18-20-9-4-10-21-18/h1-6,9-10,15-16H,7-8,11-13H2,(H,22,26)(H,24,25). The van der Waals surface area contributed by atoms with Gasteiger partial charge in [-0.1, -0.05) is 30.3 Å². The molecule has 1 fully saturated rings. The van der Waals surface area contributed by atoms with Crippen LogP contribution in [0.1, 0.15) is 18.4 Å². The summed E-state index contributed by atoms with van der Waals surface area (Å²) < 4.78 is 5.71. The van der Waals surface area contributed by atoms with Crippen molar-refractivity contribution in [3.05, 3.63) is 54.4 Å². The average Bonchev–Trinajstić information content (AvgIpc) is 2.69. The van der Waals surface area contributed by atoms with Crippen LogP contribution in [0.5, 0.6) is 6.01 Å². The Balaban J connectivity index is 1.49. The van der Waals surface area contributed by atoms with Gasteiger partial charge in [-0.3, -0.25) is 0 Å². The van der Waals surface area contributed by atoms with Crippen molar-refractivity contribution >= 4 is 12.0 Å². The summed E-state index contributed by atoms with van der Waals surface area (Å²) in [4.78, 5) is 33.7. The molecule has 27 heavy (non-hydrogen) atoms. The molecule has 1 aromatic carbocycles. The van der Waals surface area contributed by atoms with Gasteiger partial charge in [0, 0.05) is 44.7 Å². The topological polar surface area (TPSA) is 105 Å². The second kappa shape index (κ2) is 8.98. The molecule has 2 N–H and O–H groups in total. The van der Waals surface area contributed by atoms with Crippen LogP contribution in [0, 0.1) is 0 Å². The number of piperidine rings is 1. The first-order valence-electron chi connectivity index (χ1n) is 8.87. The molecule has 0 spiro atoms. The molecule has 1 unspecified atom stereocenters. The van der Waals surface area contributed by atoms with Crippen molar-refractivity contribution < 1.29 is 19.4 Å². The van der Waals surface area contributed by atoms with E-state index in [-0.39, 0.29) is 18.6 Å². The van der Waals surface area contributed by atoms with Gasteiger partial charge in [0.1, 0.15) is 12.1 Å². The number of carboxylic acids is 1. The van der Waals surface area contributed by atoms with Crippen LogP contribution in [0.2, 0.25) is 0 Å². The summed E-state index contributed by atoms with van der Waals surface area (Å²) in [7, 11) is 0. The molecule has 2 aromatic rings. The molecular weight excluding hydrogens is 348 g/mol. The van der Waals surface area contributed by atoms with Crippen molar-refractivity contribution in [3.63, 3.8) is 0 Å². The second-order valence-electron chi connectivity index (χ2n) is 6.37. The fourth-order valence-electron chi connectivity index (χ4n) is 2.96. The van der Waals surface area contributed by atoms with E-state index in [1.165, 1.54) is 0 Å². The molecule has 0 radical (unpaired) electrons. The van der Waals surface area contributed by atoms with Gasteiger partial charge in [0.25, 0.3) is 0 Å². The fourth-order valence-corrected chi connectivity index (χ4v) is 2.96. The number of likely N-dealkylation sites (tertiary alicyclic amines) is 1. The van der Waals surface area contributed by atoms with Gasteiger partial charge in [0.2, 0.25) is 0 Å². The minimum atomic E-state index is -1.05. The molecular formula is C19H22N4O4. The normalized spacial score (nSPS) is 15.8. The molecule has 8 heteroatoms. The molecule has 8 nitrogen and oxygen atoms in total. The lowest BCUT2D eigenvalue weighted by Crippen LogP contribution is -2.51. The molecule has 0 bridgehead atoms. The van der Waals surface area contributed by atoms with Crippen LogP contribution in [0.15, 0.2) is 48.8 Å². The number of nitrogens with one attached hydrogen (secondary N) is 1. The third-order valence-electron chi connectivity index (χ3n) is 4.42. The Kier molecular flexibility index (Phi) is 6.19. The number of aliphatic carboxylic acids is 1. The van der Waals surface area contributed by atoms with Crippen molar-refractivity contribution in [2.24, 2.45) is 0 Å². The molecule has 1 aromatic heterocycles. The number of hydrogen-bond donors (Lipinski definition) is 2. The zero-order valence-corrected chi connectivity index (χ0v) is 14.8. The Morgan fingerprint density at radius 3 is 2.44 bits per heavy atom. The molecule has 3 rings (SSSR count). The molecule has 1 aliphatic rings. The number of carboxylic acid groups (broad SMARTS) is 1. The smallest absolute Gasteiger partial charge is 0.326 e. The Labute approximate surface area is 157 Å². The molecule has 2 amide bonds. The summed E-state index contributed by atoms with van der Waals surface area (Å²) in [5, 5.41) is 12.0. The first-order chi connectivity index (χ1) is 13.1. The van der Waals surface area contributed by atoms with E-state index in [0.29, 0.717) is 31.9 Å². The van der Waals surface area contributed by atoms with Gasteiger partial charge in [-0.05, 0) is 11.6 Å². The Morgan fingerprint density at radius 2 is 1.81 bits per heavy atom. The van der Waals surface area contributed by atoms with E-state index in [1.54, 1.807) is 23.4 Å². The largest absolute Gasteiger partial charge is 0.480 e. The molecule has 1 atom stereocenters. The molecule has 0 aliphatic carbocycles. The zero-order valence-electron chi connectivity index (χ0n) is 14.8. The summed E-state index contributed by atoms with van der Waals surface area (Å²) in [6.45, 7) is 0.974. The fraction of sp³-hybridized carbons (Fsp3) is 0.368. The quantitative estimate of drug-likeness (QED) is 0.802. The number of rotatable bonds is 6. The number of ether oxygens (including phenoxy) is 1. The summed E-state index contributed by atoms with van der Waals surface area (Å²) >= 11 is 0. The minimum absolute atomic E-state index is 0.0592. The summed E-state index contributed by atoms with van der Waals surface area (Å²) in [6, 6.07) is 9.95. The number of urea groups is 1. The second-order valence-corrected chi connectivity index (χ2v) is 6.37. The van der Waals surface area contributed by atoms with Crippen LogP contribution in [0.25, 0.3) is 0 Å². The van der Waals surface area contributed by atoms with E-state index in [2.05, 4.69) is 15.3 Å². The maximum Gasteiger partial charge on any atom is 0.326 e. The van der Waals surface area contributed by atoms with Gasteiger partial charge < -0.3 is 20.1 Å². The predicted octanol–water partition coefficient (Wildman–Crippen LogP) is 1.73. The van der Waals surface area contributed by atoms with Crippen LogP contribution < -0.4 is 10.1 Å². The zero-order chi connectivity index (χ0) is 19.1. The number of amides is 2. The van der Waals surface area contributed by atoms with E-state index in [9.17, 15) is 14.7 Å². The van der Waals surface area contributed by atoms with Gasteiger partial charge >= 0.3 is 18.0 Å². The van der Waals surface area contributed by atoms with E-state index < -0.39 is 12.0 Å². The highest BCUT2D eigenvalue weighted by molar-refractivity contribution is 5.82. The van der Waals surface area contributed by atoms with Gasteiger partial charge in [0.05, 0.1) is 0 Å². The highest BCUT2D eigenvalue weighted by Gasteiger charge is 2.27. The van der Waals surface area contributed by atoms with Crippen LogP contribution in [0.4, 0.5) is 4.79 Å². The number of carbonyl (C=O) groups excluding carboxylic acids is 1. The highest BCUT2D eigenvalue weighted by atomic mass is 16.5. The summed E-state index contributed by atoms with van der Waals surface area (Å²) in [5.41, 5.74) is 0.861. The highest BCUT2D eigenvalue weighted by Crippen LogP contribution is 2.16. The predicted molar refractivity (Wildman–Crippen MR) is 97.4 cm³/mol. The maximum atomic E-state index is 12.5. The van der Waals surface area contributed by atoms with Crippen LogP contribution >= 0.6 is 0 Å². The summed E-state index contributed by atoms with van der Waals surface area (Å²) in [5.74, 6) is -1.05. The first-order valence-corrected chi connectivity index (χ1v) is 8.87. The molecule has 0 saturated carbocycles. The SMILES string of the molecule is O=C(O)C(Cc1ccccc1)NC(=O)N1CCC(Oc2ncccn2)CC1. The maximum absolute atomic E-state index is 12.5. The number of hydrogen-bond acceptors (Lipinski definition) is 5. The summed E-state index contributed by atoms with van der Waals surface area (Å²) in [6.07, 6.45) is 4.70. The first kappa shape index (κ1) is 18.6. The van der Waals surface area contributed by atoms with E-state index in [0.717, 1.165) is 5.56 Å². The van der Waals surface area contributed by atoms with Crippen molar-refractivity contribution in [2.45, 2.75) is 31.4 Å². The van der Waals surface area contributed by atoms with Crippen molar-refractivity contribution in [2.75, 3.05) is 13.1 Å². The Bertz CT molecular complexity index is 749. The Morgan fingerprint density at radius 1 is 1.15 bits per heavy atom. The van der Waals surface area contributed by atoms with E-state index in [4.69, 9.17) is 4.74 Å². The van der Waals surface area contributed by atoms with Gasteiger partial charge in [-0.15, -0.1) is 0 Å². The van der Waals surface area contributed by atoms with Crippen LogP contribution in [0.3, 0.4) is 0 Å². The molecule has 2 heterocycles. The number of carbonyl (C=O) groups is 2. The monoisotopic (exact) mass is 370 g/mol. The van der Waals surface area contributed by atoms with Gasteiger partial charge in [-0.25, -0.2) is 19.6 Å². The van der Waals surface area contributed by atoms with Crippen LogP contribution in [-0.4, -0.2) is 57.2 Å². The Hall–Kier alpha value is -3.16. The van der Waals surface area contributed by atoms with Crippen LogP contribution in [-0.2, 0) is 11.2 Å². The molecule has 1 aliphatic heterocycles. The number of nitrogens with zero attached hydrogens (tertiary/aromatic N) is 3. The van der Waals surface area contributed by atoms with Crippen molar-refractivity contribution in [1.29, 1.82) is 0 Å². The minimum Gasteiger partial charge on any atom is -0.480 e. The molecule has 142 valence electrons. The number of aromatic nitrogens is 2. The lowest BCUT2D eigenvalue weighted by atomic mass is 10.1. The number of benzene rings is 1. The lowest BCUT2D eigenvalue weighted by molar-refractivity contribution is -0.139. The van der Waals surface area contributed by atoms with Crippen molar-refractivity contribution in [1.82, 2.24) is 20.2 Å². The molecule has 1 saturated heterocycles. The third kappa shape index (κ3) is 5.40.